The van der Waals surface area contributed by atoms with Crippen LogP contribution in [-0.2, 0) is 17.6 Å². The molecule has 5 rings (SSSR count). The number of unbranched alkanes of at least 4 members (excludes halogenated alkanes) is 2. The first-order valence-electron chi connectivity index (χ1n) is 12.4. The molecule has 1 aliphatic heterocycles. The smallest absolute Gasteiger partial charge is 0.306 e. The number of fused-ring (bicyclic) bond motifs is 4. The summed E-state index contributed by atoms with van der Waals surface area (Å²) >= 11 is 0. The minimum atomic E-state index is -0.949. The average Bonchev–Trinajstić information content (AvgIpc) is 3.54. The van der Waals surface area contributed by atoms with Crippen LogP contribution in [0, 0.1) is 5.92 Å². The van der Waals surface area contributed by atoms with Crippen molar-refractivity contribution < 1.29 is 29.1 Å². The third kappa shape index (κ3) is 4.39. The summed E-state index contributed by atoms with van der Waals surface area (Å²) in [4.78, 5) is 38.1. The van der Waals surface area contributed by atoms with Gasteiger partial charge in [-0.15, -0.1) is 0 Å². The molecule has 1 aliphatic carbocycles. The Balaban J connectivity index is 1.15. The number of oxime groups is 1. The van der Waals surface area contributed by atoms with Crippen LogP contribution in [0.5, 0.6) is 0 Å². The van der Waals surface area contributed by atoms with E-state index < -0.39 is 11.9 Å². The summed E-state index contributed by atoms with van der Waals surface area (Å²) in [5, 5.41) is 23.9. The number of imide groups is 1. The fourth-order valence-electron chi connectivity index (χ4n) is 5.32. The van der Waals surface area contributed by atoms with Gasteiger partial charge in [0.15, 0.2) is 0 Å². The Morgan fingerprint density at radius 2 is 1.78 bits per heavy atom. The molecule has 1 atom stereocenters. The molecule has 2 N–H and O–H groups in total. The fraction of sp³-hybridized carbons (Fsp3) is 0.357. The Labute approximate surface area is 208 Å². The topological polar surface area (TPSA) is 120 Å². The maximum Gasteiger partial charge on any atom is 0.306 e. The summed E-state index contributed by atoms with van der Waals surface area (Å²) < 4.78 is 5.96. The van der Waals surface area contributed by atoms with E-state index in [1.54, 1.807) is 24.3 Å². The molecule has 186 valence electrons. The number of nitrogens with zero attached hydrogens (tertiary/aromatic N) is 2. The molecule has 0 bridgehead atoms. The number of furan rings is 1. The second kappa shape index (κ2) is 9.97. The largest absolute Gasteiger partial charge is 0.481 e. The lowest BCUT2D eigenvalue weighted by atomic mass is 9.92. The number of rotatable bonds is 10. The molecule has 0 radical (unpaired) electrons. The molecule has 2 heterocycles. The van der Waals surface area contributed by atoms with Crippen LogP contribution in [0.4, 0.5) is 0 Å². The standard InChI is InChI=1S/C28H28N2O6/c31-26-21-8-3-4-9-22(21)27(32)30(26)14-5-1-2-7-18(28(33)34)15-23(29-35)17-12-13-20-19-10-6-11-24(19)36-25(20)16-17/h3-4,8-9,12-13,16,18,35H,1-2,5-7,10-11,14-15H2,(H,33,34)/t18-/m0/s1. The highest BCUT2D eigenvalue weighted by Crippen LogP contribution is 2.33. The Morgan fingerprint density at radius 1 is 1.03 bits per heavy atom. The number of carbonyl (C=O) groups excluding carboxylic acids is 2. The van der Waals surface area contributed by atoms with Crippen molar-refractivity contribution in [3.05, 3.63) is 70.5 Å². The van der Waals surface area contributed by atoms with Crippen molar-refractivity contribution in [1.29, 1.82) is 0 Å². The van der Waals surface area contributed by atoms with Crippen molar-refractivity contribution in [2.75, 3.05) is 6.54 Å². The normalized spacial score (nSPS) is 16.0. The summed E-state index contributed by atoms with van der Waals surface area (Å²) in [6.45, 7) is 0.306. The minimum Gasteiger partial charge on any atom is -0.481 e. The lowest BCUT2D eigenvalue weighted by molar-refractivity contribution is -0.141. The van der Waals surface area contributed by atoms with E-state index in [2.05, 4.69) is 5.16 Å². The number of aliphatic carboxylic acids is 1. The number of aryl methyl sites for hydroxylation is 2. The summed E-state index contributed by atoms with van der Waals surface area (Å²) in [5.41, 5.74) is 3.80. The van der Waals surface area contributed by atoms with Gasteiger partial charge < -0.3 is 14.7 Å². The van der Waals surface area contributed by atoms with Crippen molar-refractivity contribution in [3.8, 4) is 0 Å². The maximum atomic E-state index is 12.5. The number of carboxylic acids is 1. The van der Waals surface area contributed by atoms with Gasteiger partial charge in [0.05, 0.1) is 22.8 Å². The second-order valence-corrected chi connectivity index (χ2v) is 9.51. The average molecular weight is 489 g/mol. The molecular formula is C28H28N2O6. The molecule has 36 heavy (non-hydrogen) atoms. The molecule has 0 saturated heterocycles. The van der Waals surface area contributed by atoms with Gasteiger partial charge in [0.25, 0.3) is 11.8 Å². The van der Waals surface area contributed by atoms with Crippen LogP contribution in [0.1, 0.15) is 76.1 Å². The van der Waals surface area contributed by atoms with E-state index in [-0.39, 0.29) is 18.2 Å². The van der Waals surface area contributed by atoms with Gasteiger partial charge in [-0.2, -0.15) is 0 Å². The summed E-state index contributed by atoms with van der Waals surface area (Å²) in [6.07, 6.45) is 5.39. The molecule has 1 aromatic heterocycles. The van der Waals surface area contributed by atoms with Crippen molar-refractivity contribution >= 4 is 34.5 Å². The molecule has 3 aromatic rings. The number of benzene rings is 2. The first-order chi connectivity index (χ1) is 17.5. The number of hydrogen-bond donors (Lipinski definition) is 2. The zero-order valence-corrected chi connectivity index (χ0v) is 19.9. The number of amides is 2. The molecule has 0 spiro atoms. The molecule has 0 saturated carbocycles. The SMILES string of the molecule is O=C(O)[C@@H](CCCCCN1C(=O)c2ccccc2C1=O)CC(=NO)c1ccc2c3c(oc2c1)CCC3. The van der Waals surface area contributed by atoms with E-state index in [1.165, 1.54) is 10.5 Å². The Bertz CT molecular complexity index is 1340. The van der Waals surface area contributed by atoms with Gasteiger partial charge in [-0.3, -0.25) is 19.3 Å². The lowest BCUT2D eigenvalue weighted by Crippen LogP contribution is -2.30. The van der Waals surface area contributed by atoms with Gasteiger partial charge in [0.1, 0.15) is 11.3 Å². The van der Waals surface area contributed by atoms with Crippen LogP contribution in [0.3, 0.4) is 0 Å². The molecule has 0 fully saturated rings. The lowest BCUT2D eigenvalue weighted by Gasteiger charge is -2.15. The Hall–Kier alpha value is -3.94. The fourth-order valence-corrected chi connectivity index (χ4v) is 5.32. The Morgan fingerprint density at radius 3 is 2.47 bits per heavy atom. The van der Waals surface area contributed by atoms with E-state index in [0.717, 1.165) is 36.0 Å². The zero-order chi connectivity index (χ0) is 25.2. The van der Waals surface area contributed by atoms with Gasteiger partial charge in [-0.05, 0) is 43.9 Å². The summed E-state index contributed by atoms with van der Waals surface area (Å²) in [5.74, 6) is -1.21. The quantitative estimate of drug-likeness (QED) is 0.135. The van der Waals surface area contributed by atoms with Crippen LogP contribution >= 0.6 is 0 Å². The highest BCUT2D eigenvalue weighted by Gasteiger charge is 2.34. The van der Waals surface area contributed by atoms with Crippen molar-refractivity contribution in [2.24, 2.45) is 11.1 Å². The summed E-state index contributed by atoms with van der Waals surface area (Å²) in [7, 11) is 0. The molecule has 0 unspecified atom stereocenters. The van der Waals surface area contributed by atoms with Crippen LogP contribution in [-0.4, -0.2) is 45.3 Å². The van der Waals surface area contributed by atoms with Crippen LogP contribution in [0.2, 0.25) is 0 Å². The van der Waals surface area contributed by atoms with Crippen molar-refractivity contribution in [1.82, 2.24) is 4.90 Å². The van der Waals surface area contributed by atoms with E-state index in [4.69, 9.17) is 4.42 Å². The van der Waals surface area contributed by atoms with Crippen LogP contribution in [0.15, 0.2) is 52.0 Å². The molecule has 2 aromatic carbocycles. The van der Waals surface area contributed by atoms with Gasteiger partial charge in [-0.1, -0.05) is 42.3 Å². The minimum absolute atomic E-state index is 0.0934. The van der Waals surface area contributed by atoms with Gasteiger partial charge in [-0.25, -0.2) is 0 Å². The van der Waals surface area contributed by atoms with E-state index in [1.807, 2.05) is 18.2 Å². The highest BCUT2D eigenvalue weighted by molar-refractivity contribution is 6.21. The third-order valence-corrected chi connectivity index (χ3v) is 7.26. The Kier molecular flexibility index (Phi) is 6.59. The molecular weight excluding hydrogens is 460 g/mol. The van der Waals surface area contributed by atoms with E-state index in [0.29, 0.717) is 54.6 Å². The summed E-state index contributed by atoms with van der Waals surface area (Å²) in [6, 6.07) is 12.4. The molecule has 2 aliphatic rings. The maximum absolute atomic E-state index is 12.5. The van der Waals surface area contributed by atoms with Gasteiger partial charge in [0.2, 0.25) is 0 Å². The van der Waals surface area contributed by atoms with Gasteiger partial charge in [0, 0.05) is 35.9 Å². The van der Waals surface area contributed by atoms with Gasteiger partial charge >= 0.3 is 5.97 Å². The third-order valence-electron chi connectivity index (χ3n) is 7.26. The molecule has 8 heteroatoms. The molecule has 2 amide bonds. The predicted molar refractivity (Wildman–Crippen MR) is 133 cm³/mol. The number of carbonyl (C=O) groups is 3. The van der Waals surface area contributed by atoms with Crippen molar-refractivity contribution in [2.45, 2.75) is 51.4 Å². The monoisotopic (exact) mass is 488 g/mol. The first kappa shape index (κ1) is 23.8. The zero-order valence-electron chi connectivity index (χ0n) is 19.9. The highest BCUT2D eigenvalue weighted by atomic mass is 16.4. The molecule has 8 nitrogen and oxygen atoms in total. The van der Waals surface area contributed by atoms with E-state index in [9.17, 15) is 24.7 Å². The van der Waals surface area contributed by atoms with Crippen LogP contribution in [0.25, 0.3) is 11.0 Å². The van der Waals surface area contributed by atoms with Crippen LogP contribution < -0.4 is 0 Å². The van der Waals surface area contributed by atoms with E-state index >= 15 is 0 Å². The first-order valence-corrected chi connectivity index (χ1v) is 12.4. The second-order valence-electron chi connectivity index (χ2n) is 9.51. The number of hydrogen-bond acceptors (Lipinski definition) is 6. The van der Waals surface area contributed by atoms with Crippen molar-refractivity contribution in [3.63, 3.8) is 0 Å². The predicted octanol–water partition coefficient (Wildman–Crippen LogP) is 5.05. The number of carboxylic acid groups (broad SMARTS) is 1.